The molecule has 1 aliphatic heterocycles. The molecule has 0 fully saturated rings. The number of aromatic amines is 4. The minimum atomic E-state index is -1.22. The van der Waals surface area contributed by atoms with Crippen molar-refractivity contribution in [3.05, 3.63) is 102 Å². The number of nitrogens with one attached hydrogen (secondary N) is 4. The summed E-state index contributed by atoms with van der Waals surface area (Å²) in [5, 5.41) is 21.9. The molecule has 0 aromatic carbocycles. The van der Waals surface area contributed by atoms with Crippen molar-refractivity contribution in [3.63, 3.8) is 0 Å². The predicted octanol–water partition coefficient (Wildman–Crippen LogP) is 2.82. The smallest absolute Gasteiger partial charge is 0.311 e. The van der Waals surface area contributed by atoms with Crippen LogP contribution < -0.4 is 21.4 Å². The van der Waals surface area contributed by atoms with Crippen LogP contribution in [-0.4, -0.2) is 47.9 Å². The topological polar surface area (TPSA) is 155 Å². The van der Waals surface area contributed by atoms with Gasteiger partial charge in [-0.1, -0.05) is 25.3 Å². The van der Waals surface area contributed by atoms with Crippen LogP contribution in [0.2, 0.25) is 0 Å². The summed E-state index contributed by atoms with van der Waals surface area (Å²) in [6, 6.07) is 0. The Bertz CT molecular complexity index is 2110. The summed E-state index contributed by atoms with van der Waals surface area (Å²) in [5.74, 6) is -2.67. The zero-order valence-electron chi connectivity index (χ0n) is 24.6. The van der Waals surface area contributed by atoms with Crippen LogP contribution in [0.1, 0.15) is 84.9 Å². The Hall–Kier alpha value is -5.31. The average molecular weight is 579 g/mol. The lowest BCUT2D eigenvalue weighted by Crippen LogP contribution is -2.15. The summed E-state index contributed by atoms with van der Waals surface area (Å²) >= 11 is 0. The molecule has 5 heterocycles. The van der Waals surface area contributed by atoms with E-state index in [0.29, 0.717) is 22.3 Å². The highest BCUT2D eigenvalue weighted by molar-refractivity contribution is 6.08. The quantitative estimate of drug-likeness (QED) is 0.123. The van der Waals surface area contributed by atoms with Crippen molar-refractivity contribution in [2.24, 2.45) is 0 Å². The highest BCUT2D eigenvalue weighted by Gasteiger charge is 2.22. The van der Waals surface area contributed by atoms with E-state index in [9.17, 15) is 24.6 Å². The number of hydrogen-bond donors (Lipinski definition) is 6. The van der Waals surface area contributed by atoms with Gasteiger partial charge in [0, 0.05) is 61.6 Å². The van der Waals surface area contributed by atoms with Crippen molar-refractivity contribution in [2.45, 2.75) is 47.0 Å². The molecular weight excluding hydrogens is 544 g/mol. The fourth-order valence-corrected chi connectivity index (χ4v) is 5.90. The second-order valence-corrected chi connectivity index (χ2v) is 10.9. The van der Waals surface area contributed by atoms with E-state index in [-0.39, 0.29) is 18.4 Å². The van der Waals surface area contributed by atoms with Gasteiger partial charge in [-0.3, -0.25) is 14.4 Å². The maximum absolute atomic E-state index is 13.3. The fraction of sp³-hybridized carbons (Fsp3) is 0.206. The summed E-state index contributed by atoms with van der Waals surface area (Å²) < 4.78 is 0. The highest BCUT2D eigenvalue weighted by atomic mass is 16.4. The molecule has 5 rings (SSSR count). The van der Waals surface area contributed by atoms with Crippen molar-refractivity contribution in [1.82, 2.24) is 19.9 Å². The number of carboxylic acid groups (broad SMARTS) is 2. The summed E-state index contributed by atoms with van der Waals surface area (Å²) in [6.45, 7) is 15.8. The summed E-state index contributed by atoms with van der Waals surface area (Å²) in [5.41, 5.74) is 9.22. The van der Waals surface area contributed by atoms with E-state index in [2.05, 4.69) is 33.1 Å². The van der Waals surface area contributed by atoms with Crippen LogP contribution in [0.15, 0.2) is 13.2 Å². The highest BCUT2D eigenvalue weighted by Crippen LogP contribution is 2.23. The lowest BCUT2D eigenvalue weighted by Gasteiger charge is -2.01. The van der Waals surface area contributed by atoms with Gasteiger partial charge in [0.2, 0.25) is 0 Å². The monoisotopic (exact) mass is 578 g/mol. The number of fused-ring (bicyclic) bond motifs is 8. The molecule has 0 unspecified atom stereocenters. The molecule has 9 heteroatoms. The van der Waals surface area contributed by atoms with Crippen molar-refractivity contribution in [2.75, 3.05) is 0 Å². The van der Waals surface area contributed by atoms with Crippen molar-refractivity contribution < 1.29 is 24.6 Å². The zero-order valence-corrected chi connectivity index (χ0v) is 24.6. The number of carbonyl (C=O) groups is 3. The lowest BCUT2D eigenvalue weighted by atomic mass is 10.0. The molecule has 4 aromatic rings. The normalized spacial score (nSPS) is 12.0. The molecule has 0 amide bonds. The summed E-state index contributed by atoms with van der Waals surface area (Å²) in [7, 11) is 0. The number of rotatable bonds is 8. The van der Waals surface area contributed by atoms with Gasteiger partial charge >= 0.3 is 11.9 Å². The standard InChI is InChI=1S/C34H34N4O5/c1-7-20-16(3)23-11-24-18(5)22(9-10-32(40)41)29(37-24)14-30-34(31(39)15-33(42)43)19(6)26(38-30)13-28-21(8-2)17(4)25(36-28)12-27(20)35-23/h7-8,11-14,35-38H,1-2,9-10,15H2,3-6H3,(H,40,41)(H,42,43). The van der Waals surface area contributed by atoms with Gasteiger partial charge in [0.15, 0.2) is 5.78 Å². The van der Waals surface area contributed by atoms with Gasteiger partial charge in [0.05, 0.1) is 5.69 Å². The van der Waals surface area contributed by atoms with Gasteiger partial charge in [-0.25, -0.2) is 0 Å². The number of aromatic nitrogens is 4. The Morgan fingerprint density at radius 3 is 1.86 bits per heavy atom. The summed E-state index contributed by atoms with van der Waals surface area (Å²) in [4.78, 5) is 50.1. The fourth-order valence-electron chi connectivity index (χ4n) is 5.90. The summed E-state index contributed by atoms with van der Waals surface area (Å²) in [6.07, 6.45) is 10.8. The largest absolute Gasteiger partial charge is 0.481 e. The van der Waals surface area contributed by atoms with Crippen molar-refractivity contribution in [3.8, 4) is 0 Å². The zero-order chi connectivity index (χ0) is 31.2. The van der Waals surface area contributed by atoms with E-state index in [1.165, 1.54) is 0 Å². The van der Waals surface area contributed by atoms with Gasteiger partial charge < -0.3 is 30.1 Å². The Labute approximate surface area is 247 Å². The minimum Gasteiger partial charge on any atom is -0.481 e. The van der Waals surface area contributed by atoms with Crippen molar-refractivity contribution in [1.29, 1.82) is 0 Å². The molecular formula is C34H34N4O5. The Morgan fingerprint density at radius 1 is 0.651 bits per heavy atom. The predicted molar refractivity (Wildman–Crippen MR) is 168 cm³/mol. The number of Topliss-reactive ketones (excluding diaryl/α,β-unsaturated/α-hetero) is 1. The first-order chi connectivity index (χ1) is 20.4. The SMILES string of the molecule is C=Cc1c2[nH]c(c1C)C=c1[nH]c(c(CCC(=O)O)c1C)=Cc1[nH]c(c(C)c1C(=O)CC(=O)O)C=c1[nH]c(c(C)c1C=C)=C2. The Balaban J connectivity index is 1.95. The van der Waals surface area contributed by atoms with E-state index < -0.39 is 24.1 Å². The molecule has 0 saturated heterocycles. The van der Waals surface area contributed by atoms with Gasteiger partial charge in [-0.05, 0) is 86.2 Å². The average Bonchev–Trinajstić information content (AvgIpc) is 3.60. The van der Waals surface area contributed by atoms with E-state index in [1.54, 1.807) is 19.1 Å². The third kappa shape index (κ3) is 5.25. The van der Waals surface area contributed by atoms with Crippen LogP contribution in [0.25, 0.3) is 36.5 Å². The number of H-pyrrole nitrogens is 4. The van der Waals surface area contributed by atoms with Crippen LogP contribution >= 0.6 is 0 Å². The van der Waals surface area contributed by atoms with E-state index in [0.717, 1.165) is 60.8 Å². The molecule has 43 heavy (non-hydrogen) atoms. The number of carboxylic acids is 2. The molecule has 0 atom stereocenters. The number of hydrogen-bond acceptors (Lipinski definition) is 3. The molecule has 1 aliphatic rings. The maximum atomic E-state index is 13.3. The van der Waals surface area contributed by atoms with Gasteiger partial charge in [0.1, 0.15) is 6.42 Å². The molecule has 0 radical (unpaired) electrons. The molecule has 8 bridgehead atoms. The lowest BCUT2D eigenvalue weighted by molar-refractivity contribution is -0.137. The molecule has 0 spiro atoms. The van der Waals surface area contributed by atoms with Gasteiger partial charge in [-0.15, -0.1) is 0 Å². The van der Waals surface area contributed by atoms with Crippen LogP contribution in [0.4, 0.5) is 0 Å². The van der Waals surface area contributed by atoms with Crippen LogP contribution in [0.3, 0.4) is 0 Å². The number of carbonyl (C=O) groups excluding carboxylic acids is 1. The molecule has 6 N–H and O–H groups in total. The van der Waals surface area contributed by atoms with Gasteiger partial charge in [0.25, 0.3) is 0 Å². The molecule has 0 saturated carbocycles. The van der Waals surface area contributed by atoms with E-state index in [1.807, 2.05) is 45.1 Å². The van der Waals surface area contributed by atoms with E-state index >= 15 is 0 Å². The molecule has 9 nitrogen and oxygen atoms in total. The Morgan fingerprint density at radius 2 is 1.21 bits per heavy atom. The van der Waals surface area contributed by atoms with E-state index in [4.69, 9.17) is 0 Å². The second-order valence-electron chi connectivity index (χ2n) is 10.9. The first kappa shape index (κ1) is 29.2. The first-order valence-electron chi connectivity index (χ1n) is 13.9. The molecule has 0 aliphatic carbocycles. The molecule has 4 aromatic heterocycles. The second kappa shape index (κ2) is 11.2. The van der Waals surface area contributed by atoms with Crippen LogP contribution in [-0.2, 0) is 16.0 Å². The minimum absolute atomic E-state index is 0.0770. The third-order valence-corrected chi connectivity index (χ3v) is 8.25. The van der Waals surface area contributed by atoms with Gasteiger partial charge in [-0.2, -0.15) is 0 Å². The number of aliphatic carboxylic acids is 2. The maximum Gasteiger partial charge on any atom is 0.311 e. The number of ketones is 1. The van der Waals surface area contributed by atoms with Crippen LogP contribution in [0.5, 0.6) is 0 Å². The molecule has 220 valence electrons. The third-order valence-electron chi connectivity index (χ3n) is 8.25. The Kier molecular flexibility index (Phi) is 7.58. The first-order valence-corrected chi connectivity index (χ1v) is 13.9. The van der Waals surface area contributed by atoms with Crippen molar-refractivity contribution >= 4 is 54.2 Å². The van der Waals surface area contributed by atoms with Crippen LogP contribution in [0, 0.1) is 27.7 Å².